The molecule has 1 N–H and O–H groups in total. The first kappa shape index (κ1) is 18.1. The van der Waals surface area contributed by atoms with E-state index in [1.54, 1.807) is 0 Å². The quantitative estimate of drug-likeness (QED) is 0.459. The molecule has 3 nitrogen and oxygen atoms in total. The summed E-state index contributed by atoms with van der Waals surface area (Å²) in [7, 11) is 0. The van der Waals surface area contributed by atoms with Gasteiger partial charge in [-0.1, -0.05) is 23.8 Å². The van der Waals surface area contributed by atoms with E-state index in [1.807, 2.05) is 31.1 Å². The first-order valence-electron chi connectivity index (χ1n) is 6.86. The van der Waals surface area contributed by atoms with Crippen LogP contribution in [0.3, 0.4) is 0 Å². The lowest BCUT2D eigenvalue weighted by molar-refractivity contribution is -0.131. The number of nitrogens with zero attached hydrogens (tertiary/aromatic N) is 1. The third kappa shape index (κ3) is 11.9. The van der Waals surface area contributed by atoms with Crippen LogP contribution in [-0.2, 0) is 4.84 Å². The fourth-order valence-corrected chi connectivity index (χ4v) is 1.65. The summed E-state index contributed by atoms with van der Waals surface area (Å²) in [5.41, 5.74) is 0.725. The van der Waals surface area contributed by atoms with Gasteiger partial charge in [0.1, 0.15) is 0 Å². The Morgan fingerprint density at radius 3 is 2.32 bits per heavy atom. The molecule has 0 spiro atoms. The Morgan fingerprint density at radius 2 is 1.84 bits per heavy atom. The van der Waals surface area contributed by atoms with Crippen molar-refractivity contribution < 1.29 is 9.94 Å². The maximum atomic E-state index is 9.63. The molecule has 0 heterocycles. The monoisotopic (exact) mass is 267 g/mol. The smallest absolute Gasteiger partial charge is 0.0869 e. The Morgan fingerprint density at radius 1 is 1.26 bits per heavy atom. The number of hydroxylamine groups is 2. The molecule has 0 amide bonds. The number of hydrogen-bond acceptors (Lipinski definition) is 3. The van der Waals surface area contributed by atoms with Crippen LogP contribution >= 0.6 is 0 Å². The topological polar surface area (TPSA) is 32.7 Å². The van der Waals surface area contributed by atoms with Crippen LogP contribution in [0.15, 0.2) is 37.0 Å². The molecule has 0 saturated heterocycles. The molecule has 0 aromatic heterocycles. The molecule has 0 fully saturated rings. The van der Waals surface area contributed by atoms with Gasteiger partial charge in [-0.3, -0.25) is 4.84 Å². The van der Waals surface area contributed by atoms with E-state index in [1.165, 1.54) is 5.57 Å². The number of rotatable bonds is 11. The molecule has 0 saturated carbocycles. The van der Waals surface area contributed by atoms with Gasteiger partial charge in [-0.05, 0) is 40.0 Å². The number of hydrogen-bond donors (Lipinski definition) is 1. The van der Waals surface area contributed by atoms with Gasteiger partial charge in [-0.25, -0.2) is 0 Å². The van der Waals surface area contributed by atoms with Crippen molar-refractivity contribution >= 4 is 0 Å². The molecule has 0 bridgehead atoms. The maximum Gasteiger partial charge on any atom is 0.0869 e. The Hall–Kier alpha value is -0.900. The Kier molecular flexibility index (Phi) is 9.48. The van der Waals surface area contributed by atoms with Crippen molar-refractivity contribution in [2.45, 2.75) is 45.6 Å². The molecular formula is C16H29NO2. The van der Waals surface area contributed by atoms with Crippen LogP contribution < -0.4 is 0 Å². The molecule has 0 aromatic rings. The SMILES string of the molecule is C=CCN(CC=C)OCC=C(C)CCCC(C)(C)O. The minimum Gasteiger partial charge on any atom is -0.390 e. The van der Waals surface area contributed by atoms with Gasteiger partial charge in [-0.2, -0.15) is 5.06 Å². The third-order valence-electron chi connectivity index (χ3n) is 2.71. The first-order chi connectivity index (χ1) is 8.89. The Labute approximate surface area is 118 Å². The highest BCUT2D eigenvalue weighted by atomic mass is 16.7. The van der Waals surface area contributed by atoms with E-state index in [0.29, 0.717) is 19.7 Å². The second-order valence-electron chi connectivity index (χ2n) is 5.44. The highest BCUT2D eigenvalue weighted by Gasteiger charge is 2.11. The van der Waals surface area contributed by atoms with Gasteiger partial charge in [-0.15, -0.1) is 13.2 Å². The predicted octanol–water partition coefficient (Wildman–Crippen LogP) is 3.48. The largest absolute Gasteiger partial charge is 0.390 e. The summed E-state index contributed by atoms with van der Waals surface area (Å²) >= 11 is 0. The van der Waals surface area contributed by atoms with Gasteiger partial charge >= 0.3 is 0 Å². The molecule has 19 heavy (non-hydrogen) atoms. The molecule has 0 unspecified atom stereocenters. The van der Waals surface area contributed by atoms with Crippen molar-refractivity contribution in [1.29, 1.82) is 0 Å². The molecule has 110 valence electrons. The van der Waals surface area contributed by atoms with Gasteiger partial charge in [0.15, 0.2) is 0 Å². The van der Waals surface area contributed by atoms with Gasteiger partial charge in [0, 0.05) is 13.1 Å². The lowest BCUT2D eigenvalue weighted by atomic mass is 9.99. The molecule has 0 aliphatic rings. The second-order valence-corrected chi connectivity index (χ2v) is 5.44. The van der Waals surface area contributed by atoms with Crippen LogP contribution in [0, 0.1) is 0 Å². The fraction of sp³-hybridized carbons (Fsp3) is 0.625. The summed E-state index contributed by atoms with van der Waals surface area (Å²) in [6.07, 6.45) is 8.51. The van der Waals surface area contributed by atoms with Gasteiger partial charge in [0.2, 0.25) is 0 Å². The summed E-state index contributed by atoms with van der Waals surface area (Å²) in [4.78, 5) is 5.61. The van der Waals surface area contributed by atoms with E-state index in [0.717, 1.165) is 19.3 Å². The lowest BCUT2D eigenvalue weighted by Gasteiger charge is -2.18. The molecular weight excluding hydrogens is 238 g/mol. The summed E-state index contributed by atoms with van der Waals surface area (Å²) in [5, 5.41) is 11.4. The molecule has 0 radical (unpaired) electrons. The van der Waals surface area contributed by atoms with Crippen molar-refractivity contribution in [3.05, 3.63) is 37.0 Å². The number of aliphatic hydroxyl groups is 1. The molecule has 0 aliphatic carbocycles. The zero-order valence-electron chi connectivity index (χ0n) is 12.7. The summed E-state index contributed by atoms with van der Waals surface area (Å²) < 4.78 is 0. The van der Waals surface area contributed by atoms with Crippen LogP contribution in [0.5, 0.6) is 0 Å². The van der Waals surface area contributed by atoms with Crippen molar-refractivity contribution in [2.24, 2.45) is 0 Å². The zero-order valence-corrected chi connectivity index (χ0v) is 12.7. The minimum atomic E-state index is -0.568. The number of allylic oxidation sites excluding steroid dienone is 1. The van der Waals surface area contributed by atoms with Crippen molar-refractivity contribution in [3.63, 3.8) is 0 Å². The van der Waals surface area contributed by atoms with E-state index in [2.05, 4.69) is 26.2 Å². The van der Waals surface area contributed by atoms with Crippen LogP contribution in [0.4, 0.5) is 0 Å². The van der Waals surface area contributed by atoms with Gasteiger partial charge < -0.3 is 5.11 Å². The van der Waals surface area contributed by atoms with E-state index >= 15 is 0 Å². The van der Waals surface area contributed by atoms with E-state index in [4.69, 9.17) is 4.84 Å². The molecule has 0 aromatic carbocycles. The van der Waals surface area contributed by atoms with Crippen molar-refractivity contribution in [3.8, 4) is 0 Å². The van der Waals surface area contributed by atoms with Gasteiger partial charge in [0.05, 0.1) is 12.2 Å². The Balaban J connectivity index is 3.90. The minimum absolute atomic E-state index is 0.566. The molecule has 0 aliphatic heterocycles. The molecule has 0 rings (SSSR count). The molecule has 0 atom stereocenters. The fourth-order valence-electron chi connectivity index (χ4n) is 1.65. The average Bonchev–Trinajstić information content (AvgIpc) is 2.27. The van der Waals surface area contributed by atoms with Crippen molar-refractivity contribution in [2.75, 3.05) is 19.7 Å². The summed E-state index contributed by atoms with van der Waals surface area (Å²) in [6, 6.07) is 0. The second kappa shape index (κ2) is 9.96. The van der Waals surface area contributed by atoms with E-state index in [9.17, 15) is 5.11 Å². The maximum absolute atomic E-state index is 9.63. The summed E-state index contributed by atoms with van der Waals surface area (Å²) in [6.45, 7) is 15.1. The van der Waals surface area contributed by atoms with Gasteiger partial charge in [0.25, 0.3) is 0 Å². The Bertz CT molecular complexity index is 280. The van der Waals surface area contributed by atoms with Crippen LogP contribution in [0.1, 0.15) is 40.0 Å². The third-order valence-corrected chi connectivity index (χ3v) is 2.71. The highest BCUT2D eigenvalue weighted by Crippen LogP contribution is 2.15. The van der Waals surface area contributed by atoms with E-state index in [-0.39, 0.29) is 0 Å². The van der Waals surface area contributed by atoms with Crippen LogP contribution in [0.25, 0.3) is 0 Å². The average molecular weight is 267 g/mol. The summed E-state index contributed by atoms with van der Waals surface area (Å²) in [5.74, 6) is 0. The van der Waals surface area contributed by atoms with Crippen LogP contribution in [-0.4, -0.2) is 35.5 Å². The lowest BCUT2D eigenvalue weighted by Crippen LogP contribution is -2.24. The highest BCUT2D eigenvalue weighted by molar-refractivity contribution is 4.98. The standard InChI is InChI=1S/C16H29NO2/c1-6-12-17(13-7-2)19-14-10-15(3)9-8-11-16(4,5)18/h6-7,10,18H,1-2,8-9,11-14H2,3-5H3. The van der Waals surface area contributed by atoms with Crippen molar-refractivity contribution in [1.82, 2.24) is 5.06 Å². The van der Waals surface area contributed by atoms with E-state index < -0.39 is 5.60 Å². The van der Waals surface area contributed by atoms with Crippen LogP contribution in [0.2, 0.25) is 0 Å². The zero-order chi connectivity index (χ0) is 14.7. The predicted molar refractivity (Wildman–Crippen MR) is 81.8 cm³/mol. The molecule has 3 heteroatoms. The normalized spacial score (nSPS) is 12.8. The first-order valence-corrected chi connectivity index (χ1v) is 6.86.